The number of hydrogen-bond donors (Lipinski definition) is 2. The highest BCUT2D eigenvalue weighted by atomic mass is 16.2. The third-order valence-electron chi connectivity index (χ3n) is 4.75. The van der Waals surface area contributed by atoms with Crippen LogP contribution in [0.1, 0.15) is 51.9 Å². The van der Waals surface area contributed by atoms with Crippen LogP contribution in [-0.4, -0.2) is 41.9 Å². The van der Waals surface area contributed by atoms with E-state index in [1.807, 2.05) is 4.90 Å². The summed E-state index contributed by atoms with van der Waals surface area (Å²) in [5.74, 6) is 0.293. The maximum absolute atomic E-state index is 12.2. The van der Waals surface area contributed by atoms with Crippen molar-refractivity contribution in [3.05, 3.63) is 0 Å². The van der Waals surface area contributed by atoms with Gasteiger partial charge in [0.15, 0.2) is 0 Å². The van der Waals surface area contributed by atoms with E-state index in [9.17, 15) is 9.59 Å². The van der Waals surface area contributed by atoms with Gasteiger partial charge >= 0.3 is 0 Å². The van der Waals surface area contributed by atoms with Crippen molar-refractivity contribution in [1.82, 2.24) is 10.2 Å². The molecule has 3 N–H and O–H groups in total. The van der Waals surface area contributed by atoms with E-state index in [0.717, 1.165) is 32.2 Å². The van der Waals surface area contributed by atoms with Crippen LogP contribution in [0.3, 0.4) is 0 Å². The molecule has 1 saturated carbocycles. The first-order chi connectivity index (χ1) is 9.58. The molecule has 5 heteroatoms. The number of amides is 2. The quantitative estimate of drug-likeness (QED) is 0.808. The van der Waals surface area contributed by atoms with Crippen molar-refractivity contribution < 1.29 is 9.59 Å². The monoisotopic (exact) mass is 281 g/mol. The number of hydrogen-bond acceptors (Lipinski definition) is 3. The molecule has 1 saturated heterocycles. The van der Waals surface area contributed by atoms with Gasteiger partial charge in [0.05, 0.1) is 12.6 Å². The number of piperidine rings is 1. The molecule has 1 heterocycles. The fourth-order valence-electron chi connectivity index (χ4n) is 3.47. The predicted molar refractivity (Wildman–Crippen MR) is 78.0 cm³/mol. The first-order valence-corrected chi connectivity index (χ1v) is 7.90. The van der Waals surface area contributed by atoms with Crippen molar-refractivity contribution in [1.29, 1.82) is 0 Å². The zero-order valence-electron chi connectivity index (χ0n) is 12.4. The van der Waals surface area contributed by atoms with Gasteiger partial charge in [-0.25, -0.2) is 0 Å². The van der Waals surface area contributed by atoms with Crippen molar-refractivity contribution in [3.8, 4) is 0 Å². The van der Waals surface area contributed by atoms with Crippen molar-refractivity contribution in [3.63, 3.8) is 0 Å². The average Bonchev–Trinajstić information content (AvgIpc) is 2.41. The molecule has 0 spiro atoms. The molecule has 0 aromatic heterocycles. The summed E-state index contributed by atoms with van der Waals surface area (Å²) in [4.78, 5) is 25.6. The van der Waals surface area contributed by atoms with Crippen LogP contribution in [0.5, 0.6) is 0 Å². The molecule has 0 aromatic carbocycles. The molecule has 1 aliphatic heterocycles. The molecule has 3 atom stereocenters. The third-order valence-corrected chi connectivity index (χ3v) is 4.75. The Morgan fingerprint density at radius 2 is 1.85 bits per heavy atom. The molecule has 2 aliphatic rings. The van der Waals surface area contributed by atoms with E-state index < -0.39 is 0 Å². The van der Waals surface area contributed by atoms with Gasteiger partial charge in [-0.1, -0.05) is 26.2 Å². The molecular weight excluding hydrogens is 254 g/mol. The SMILES string of the molecule is CC1CCCCC1NC(=O)CN1CCCCC1C(N)=O. The lowest BCUT2D eigenvalue weighted by Crippen LogP contribution is -2.52. The summed E-state index contributed by atoms with van der Waals surface area (Å²) in [7, 11) is 0. The van der Waals surface area contributed by atoms with E-state index >= 15 is 0 Å². The van der Waals surface area contributed by atoms with Crippen LogP contribution in [0.25, 0.3) is 0 Å². The van der Waals surface area contributed by atoms with Gasteiger partial charge in [-0.2, -0.15) is 0 Å². The molecule has 2 rings (SSSR count). The van der Waals surface area contributed by atoms with Crippen LogP contribution in [0.4, 0.5) is 0 Å². The van der Waals surface area contributed by atoms with Crippen molar-refractivity contribution >= 4 is 11.8 Å². The van der Waals surface area contributed by atoms with Gasteiger partial charge in [0.2, 0.25) is 11.8 Å². The van der Waals surface area contributed by atoms with Gasteiger partial charge in [0, 0.05) is 6.04 Å². The predicted octanol–water partition coefficient (Wildman–Crippen LogP) is 1.02. The van der Waals surface area contributed by atoms with Crippen LogP contribution in [0, 0.1) is 5.92 Å². The van der Waals surface area contributed by atoms with Crippen LogP contribution in [0.2, 0.25) is 0 Å². The fraction of sp³-hybridized carbons (Fsp3) is 0.867. The highest BCUT2D eigenvalue weighted by Gasteiger charge is 2.29. The molecule has 114 valence electrons. The van der Waals surface area contributed by atoms with Crippen molar-refractivity contribution in [2.45, 2.75) is 64.0 Å². The summed E-state index contributed by atoms with van der Waals surface area (Å²) in [6.07, 6.45) is 7.57. The molecule has 1 aliphatic carbocycles. The first kappa shape index (κ1) is 15.3. The maximum Gasteiger partial charge on any atom is 0.234 e. The van der Waals surface area contributed by atoms with E-state index in [1.54, 1.807) is 0 Å². The Morgan fingerprint density at radius 1 is 1.15 bits per heavy atom. The van der Waals surface area contributed by atoms with Crippen molar-refractivity contribution in [2.24, 2.45) is 11.7 Å². The summed E-state index contributed by atoms with van der Waals surface area (Å²) in [5.41, 5.74) is 5.43. The van der Waals surface area contributed by atoms with Crippen LogP contribution in [0.15, 0.2) is 0 Å². The first-order valence-electron chi connectivity index (χ1n) is 7.90. The lowest BCUT2D eigenvalue weighted by molar-refractivity contribution is -0.128. The molecular formula is C15H27N3O2. The van der Waals surface area contributed by atoms with Gasteiger partial charge in [-0.15, -0.1) is 0 Å². The number of carbonyl (C=O) groups excluding carboxylic acids is 2. The molecule has 2 amide bonds. The second-order valence-corrected chi connectivity index (χ2v) is 6.32. The number of nitrogens with two attached hydrogens (primary N) is 1. The molecule has 0 radical (unpaired) electrons. The summed E-state index contributed by atoms with van der Waals surface area (Å²) < 4.78 is 0. The second-order valence-electron chi connectivity index (χ2n) is 6.32. The van der Waals surface area contributed by atoms with Crippen LogP contribution >= 0.6 is 0 Å². The Morgan fingerprint density at radius 3 is 2.55 bits per heavy atom. The van der Waals surface area contributed by atoms with Gasteiger partial charge < -0.3 is 11.1 Å². The Bertz CT molecular complexity index is 359. The van der Waals surface area contributed by atoms with Crippen molar-refractivity contribution in [2.75, 3.05) is 13.1 Å². The highest BCUT2D eigenvalue weighted by Crippen LogP contribution is 2.23. The summed E-state index contributed by atoms with van der Waals surface area (Å²) in [6, 6.07) is 0.0337. The Kier molecular flexibility index (Phi) is 5.40. The topological polar surface area (TPSA) is 75.4 Å². The standard InChI is InChI=1S/C15H27N3O2/c1-11-6-2-3-7-12(11)17-14(19)10-18-9-5-4-8-13(18)15(16)20/h11-13H,2-10H2,1H3,(H2,16,20)(H,17,19). The van der Waals surface area contributed by atoms with Gasteiger partial charge in [0.1, 0.15) is 0 Å². The normalized spacial score (nSPS) is 31.8. The Labute approximate surface area is 121 Å². The summed E-state index contributed by atoms with van der Waals surface area (Å²) in [5, 5.41) is 3.14. The Balaban J connectivity index is 1.84. The largest absolute Gasteiger partial charge is 0.368 e. The minimum absolute atomic E-state index is 0.0388. The number of rotatable bonds is 4. The highest BCUT2D eigenvalue weighted by molar-refractivity contribution is 5.82. The molecule has 3 unspecified atom stereocenters. The second kappa shape index (κ2) is 7.07. The third kappa shape index (κ3) is 3.95. The number of likely N-dealkylation sites (tertiary alicyclic amines) is 1. The van der Waals surface area contributed by atoms with E-state index in [0.29, 0.717) is 18.5 Å². The minimum Gasteiger partial charge on any atom is -0.368 e. The maximum atomic E-state index is 12.2. The molecule has 20 heavy (non-hydrogen) atoms. The number of carbonyl (C=O) groups is 2. The molecule has 0 aromatic rings. The lowest BCUT2D eigenvalue weighted by atomic mass is 9.86. The smallest absolute Gasteiger partial charge is 0.234 e. The van der Waals surface area contributed by atoms with Gasteiger partial charge in [0.25, 0.3) is 0 Å². The fourth-order valence-corrected chi connectivity index (χ4v) is 3.47. The number of primary amides is 1. The Hall–Kier alpha value is -1.10. The van der Waals surface area contributed by atoms with Crippen LogP contribution in [-0.2, 0) is 9.59 Å². The van der Waals surface area contributed by atoms with Crippen LogP contribution < -0.4 is 11.1 Å². The van der Waals surface area contributed by atoms with Gasteiger partial charge in [-0.05, 0) is 38.1 Å². The zero-order valence-corrected chi connectivity index (χ0v) is 12.4. The van der Waals surface area contributed by atoms with E-state index in [-0.39, 0.29) is 17.9 Å². The molecule has 5 nitrogen and oxygen atoms in total. The average molecular weight is 281 g/mol. The summed E-state index contributed by atoms with van der Waals surface area (Å²) >= 11 is 0. The van der Waals surface area contributed by atoms with E-state index in [2.05, 4.69) is 12.2 Å². The minimum atomic E-state index is -0.302. The van der Waals surface area contributed by atoms with E-state index in [1.165, 1.54) is 19.3 Å². The number of nitrogens with zero attached hydrogens (tertiary/aromatic N) is 1. The van der Waals surface area contributed by atoms with Gasteiger partial charge in [-0.3, -0.25) is 14.5 Å². The molecule has 2 fully saturated rings. The number of nitrogens with one attached hydrogen (secondary N) is 1. The summed E-state index contributed by atoms with van der Waals surface area (Å²) in [6.45, 7) is 3.30. The van der Waals surface area contributed by atoms with E-state index in [4.69, 9.17) is 5.73 Å². The zero-order chi connectivity index (χ0) is 14.5. The molecule has 0 bridgehead atoms. The lowest BCUT2D eigenvalue weighted by Gasteiger charge is -2.34.